The molecule has 2 rings (SSSR count). The number of hydrogen-bond acceptors (Lipinski definition) is 4. The second-order valence-corrected chi connectivity index (χ2v) is 3.89. The number of imidazole rings is 1. The summed E-state index contributed by atoms with van der Waals surface area (Å²) in [6.07, 6.45) is 6.93. The Kier molecular flexibility index (Phi) is 3.57. The van der Waals surface area contributed by atoms with Crippen LogP contribution in [0.3, 0.4) is 0 Å². The van der Waals surface area contributed by atoms with Crippen molar-refractivity contribution in [3.8, 4) is 5.75 Å². The minimum absolute atomic E-state index is 0.0215. The van der Waals surface area contributed by atoms with E-state index in [0.717, 1.165) is 5.82 Å². The molecule has 94 valence electrons. The highest BCUT2D eigenvalue weighted by Crippen LogP contribution is 2.08. The number of aromatic hydroxyl groups is 1. The van der Waals surface area contributed by atoms with Crippen molar-refractivity contribution in [3.63, 3.8) is 0 Å². The Morgan fingerprint density at radius 3 is 3.00 bits per heavy atom. The van der Waals surface area contributed by atoms with E-state index < -0.39 is 0 Å². The van der Waals surface area contributed by atoms with Gasteiger partial charge in [-0.15, -0.1) is 0 Å². The van der Waals surface area contributed by atoms with Gasteiger partial charge in [-0.05, 0) is 6.07 Å². The van der Waals surface area contributed by atoms with Gasteiger partial charge in [0.25, 0.3) is 5.91 Å². The summed E-state index contributed by atoms with van der Waals surface area (Å²) in [5, 5.41) is 12.0. The van der Waals surface area contributed by atoms with Gasteiger partial charge >= 0.3 is 0 Å². The largest absolute Gasteiger partial charge is 0.506 e. The fourth-order valence-electron chi connectivity index (χ4n) is 1.58. The molecule has 0 bridgehead atoms. The van der Waals surface area contributed by atoms with Gasteiger partial charge in [-0.25, -0.2) is 4.98 Å². The van der Waals surface area contributed by atoms with Gasteiger partial charge in [-0.1, -0.05) is 0 Å². The molecular weight excluding hydrogens is 232 g/mol. The first-order valence-electron chi connectivity index (χ1n) is 5.55. The molecule has 18 heavy (non-hydrogen) atoms. The van der Waals surface area contributed by atoms with Gasteiger partial charge < -0.3 is 15.0 Å². The Morgan fingerprint density at radius 1 is 1.50 bits per heavy atom. The van der Waals surface area contributed by atoms with Crippen LogP contribution in [0.1, 0.15) is 16.2 Å². The molecule has 0 aliphatic heterocycles. The molecule has 0 unspecified atom stereocenters. The van der Waals surface area contributed by atoms with E-state index in [1.165, 1.54) is 18.5 Å². The molecule has 0 aliphatic carbocycles. The van der Waals surface area contributed by atoms with E-state index in [2.05, 4.69) is 15.3 Å². The Bertz CT molecular complexity index is 551. The molecule has 0 spiro atoms. The summed E-state index contributed by atoms with van der Waals surface area (Å²) in [7, 11) is 1.91. The molecule has 0 aliphatic rings. The molecule has 0 fully saturated rings. The predicted octanol–water partition coefficient (Wildman–Crippen LogP) is 0.493. The number of pyridine rings is 1. The quantitative estimate of drug-likeness (QED) is 0.823. The highest BCUT2D eigenvalue weighted by molar-refractivity contribution is 5.94. The van der Waals surface area contributed by atoms with Crippen LogP contribution in [0.5, 0.6) is 5.75 Å². The highest BCUT2D eigenvalue weighted by atomic mass is 16.3. The van der Waals surface area contributed by atoms with E-state index in [1.54, 1.807) is 6.20 Å². The predicted molar refractivity (Wildman–Crippen MR) is 65.1 cm³/mol. The normalized spacial score (nSPS) is 10.3. The lowest BCUT2D eigenvalue weighted by Crippen LogP contribution is -2.26. The van der Waals surface area contributed by atoms with Crippen LogP contribution in [0.4, 0.5) is 0 Å². The number of aromatic nitrogens is 3. The SMILES string of the molecule is Cn1ccnc1CCNC(=O)c1cncc(O)c1. The van der Waals surface area contributed by atoms with Crippen LogP contribution in [0.2, 0.25) is 0 Å². The van der Waals surface area contributed by atoms with Crippen molar-refractivity contribution in [2.75, 3.05) is 6.54 Å². The summed E-state index contributed by atoms with van der Waals surface area (Å²) in [6, 6.07) is 1.38. The second kappa shape index (κ2) is 5.31. The van der Waals surface area contributed by atoms with Crippen LogP contribution < -0.4 is 5.32 Å². The first kappa shape index (κ1) is 12.1. The number of nitrogens with one attached hydrogen (secondary N) is 1. The molecule has 2 aromatic rings. The van der Waals surface area contributed by atoms with Gasteiger partial charge in [0, 0.05) is 38.6 Å². The molecule has 0 radical (unpaired) electrons. The number of amides is 1. The van der Waals surface area contributed by atoms with Crippen molar-refractivity contribution in [2.24, 2.45) is 7.05 Å². The van der Waals surface area contributed by atoms with E-state index in [9.17, 15) is 9.90 Å². The maximum atomic E-state index is 11.7. The van der Waals surface area contributed by atoms with Crippen LogP contribution in [0.25, 0.3) is 0 Å². The number of nitrogens with zero attached hydrogens (tertiary/aromatic N) is 3. The summed E-state index contributed by atoms with van der Waals surface area (Å²) in [4.78, 5) is 19.6. The third kappa shape index (κ3) is 2.85. The molecule has 0 atom stereocenters. The Morgan fingerprint density at radius 2 is 2.33 bits per heavy atom. The average Bonchev–Trinajstić information content (AvgIpc) is 2.75. The zero-order valence-corrected chi connectivity index (χ0v) is 10.00. The summed E-state index contributed by atoms with van der Waals surface area (Å²) < 4.78 is 1.90. The van der Waals surface area contributed by atoms with E-state index >= 15 is 0 Å². The fourth-order valence-corrected chi connectivity index (χ4v) is 1.58. The van der Waals surface area contributed by atoms with E-state index in [1.807, 2.05) is 17.8 Å². The van der Waals surface area contributed by atoms with Crippen molar-refractivity contribution in [3.05, 3.63) is 42.2 Å². The van der Waals surface area contributed by atoms with Gasteiger partial charge in [0.05, 0.1) is 11.8 Å². The molecular formula is C12H14N4O2. The summed E-state index contributed by atoms with van der Waals surface area (Å²) in [5.74, 6) is 0.628. The molecule has 6 heteroatoms. The Hall–Kier alpha value is -2.37. The van der Waals surface area contributed by atoms with Crippen LogP contribution in [-0.4, -0.2) is 32.1 Å². The standard InChI is InChI=1S/C12H14N4O2/c1-16-5-4-14-11(16)2-3-15-12(18)9-6-10(17)8-13-7-9/h4-8,17H,2-3H2,1H3,(H,15,18). The van der Waals surface area contributed by atoms with Crippen molar-refractivity contribution in [1.29, 1.82) is 0 Å². The number of carbonyl (C=O) groups is 1. The lowest BCUT2D eigenvalue weighted by molar-refractivity contribution is 0.0953. The van der Waals surface area contributed by atoms with Crippen LogP contribution in [0.15, 0.2) is 30.9 Å². The van der Waals surface area contributed by atoms with Crippen molar-refractivity contribution < 1.29 is 9.90 Å². The molecule has 1 amide bonds. The maximum Gasteiger partial charge on any atom is 0.252 e. The Balaban J connectivity index is 1.87. The topological polar surface area (TPSA) is 80.0 Å². The summed E-state index contributed by atoms with van der Waals surface area (Å²) >= 11 is 0. The van der Waals surface area contributed by atoms with E-state index in [0.29, 0.717) is 18.5 Å². The number of carbonyl (C=O) groups excluding carboxylic acids is 1. The van der Waals surface area contributed by atoms with Crippen molar-refractivity contribution >= 4 is 5.91 Å². The third-order valence-electron chi connectivity index (χ3n) is 2.54. The van der Waals surface area contributed by atoms with Gasteiger partial charge in [-0.3, -0.25) is 9.78 Å². The third-order valence-corrected chi connectivity index (χ3v) is 2.54. The summed E-state index contributed by atoms with van der Waals surface area (Å²) in [6.45, 7) is 0.485. The monoisotopic (exact) mass is 246 g/mol. The van der Waals surface area contributed by atoms with Crippen molar-refractivity contribution in [2.45, 2.75) is 6.42 Å². The molecule has 6 nitrogen and oxygen atoms in total. The molecule has 2 heterocycles. The molecule has 2 aromatic heterocycles. The van der Waals surface area contributed by atoms with Crippen molar-refractivity contribution in [1.82, 2.24) is 19.9 Å². The number of hydrogen-bond donors (Lipinski definition) is 2. The van der Waals surface area contributed by atoms with Gasteiger partial charge in [0.2, 0.25) is 0 Å². The van der Waals surface area contributed by atoms with Gasteiger partial charge in [0.15, 0.2) is 0 Å². The maximum absolute atomic E-state index is 11.7. The minimum Gasteiger partial charge on any atom is -0.506 e. The highest BCUT2D eigenvalue weighted by Gasteiger charge is 2.06. The smallest absolute Gasteiger partial charge is 0.252 e. The van der Waals surface area contributed by atoms with Gasteiger partial charge in [-0.2, -0.15) is 0 Å². The number of aryl methyl sites for hydroxylation is 1. The van der Waals surface area contributed by atoms with E-state index in [4.69, 9.17) is 0 Å². The first-order valence-corrected chi connectivity index (χ1v) is 5.55. The zero-order valence-electron chi connectivity index (χ0n) is 10.00. The zero-order chi connectivity index (χ0) is 13.0. The van der Waals surface area contributed by atoms with Crippen LogP contribution in [0, 0.1) is 0 Å². The first-order chi connectivity index (χ1) is 8.66. The molecule has 0 saturated heterocycles. The lowest BCUT2D eigenvalue weighted by Gasteiger charge is -2.05. The number of rotatable bonds is 4. The minimum atomic E-state index is -0.257. The van der Waals surface area contributed by atoms with Crippen LogP contribution in [-0.2, 0) is 13.5 Å². The summed E-state index contributed by atoms with van der Waals surface area (Å²) in [5.41, 5.74) is 0.342. The molecule has 0 saturated carbocycles. The second-order valence-electron chi connectivity index (χ2n) is 3.89. The fraction of sp³-hybridized carbons (Fsp3) is 0.250. The average molecular weight is 246 g/mol. The lowest BCUT2D eigenvalue weighted by atomic mass is 10.2. The van der Waals surface area contributed by atoms with Gasteiger partial charge in [0.1, 0.15) is 11.6 Å². The van der Waals surface area contributed by atoms with E-state index in [-0.39, 0.29) is 11.7 Å². The molecule has 2 N–H and O–H groups in total. The van der Waals surface area contributed by atoms with Crippen LogP contribution >= 0.6 is 0 Å². The Labute approximate surface area is 104 Å². The molecule has 0 aromatic carbocycles.